The zero-order chi connectivity index (χ0) is 18.1. The van der Waals surface area contributed by atoms with Crippen LogP contribution in [-0.2, 0) is 11.3 Å². The van der Waals surface area contributed by atoms with Gasteiger partial charge in [-0.25, -0.2) is 0 Å². The minimum Gasteiger partial charge on any atom is -0.497 e. The van der Waals surface area contributed by atoms with Crippen LogP contribution in [0.5, 0.6) is 5.75 Å². The van der Waals surface area contributed by atoms with E-state index in [9.17, 15) is 4.79 Å². The molecule has 1 aromatic carbocycles. The van der Waals surface area contributed by atoms with Gasteiger partial charge >= 0.3 is 0 Å². The van der Waals surface area contributed by atoms with Gasteiger partial charge in [0.2, 0.25) is 5.91 Å². The van der Waals surface area contributed by atoms with Gasteiger partial charge in [-0.2, -0.15) is 0 Å². The number of likely N-dealkylation sites (tertiary alicyclic amines) is 1. The van der Waals surface area contributed by atoms with Crippen molar-refractivity contribution in [3.05, 3.63) is 29.8 Å². The van der Waals surface area contributed by atoms with E-state index in [-0.39, 0.29) is 5.91 Å². The maximum Gasteiger partial charge on any atom is 0.222 e. The van der Waals surface area contributed by atoms with E-state index >= 15 is 0 Å². The van der Waals surface area contributed by atoms with Gasteiger partial charge in [-0.1, -0.05) is 12.1 Å². The zero-order valence-corrected chi connectivity index (χ0v) is 15.6. The third-order valence-electron chi connectivity index (χ3n) is 4.29. The van der Waals surface area contributed by atoms with Crippen LogP contribution in [-0.4, -0.2) is 62.0 Å². The lowest BCUT2D eigenvalue weighted by Crippen LogP contribution is -2.38. The Bertz CT molecular complexity index is 571. The van der Waals surface area contributed by atoms with Gasteiger partial charge in [0.05, 0.1) is 7.11 Å². The molecule has 1 saturated heterocycles. The molecule has 6 heteroatoms. The van der Waals surface area contributed by atoms with Gasteiger partial charge in [0, 0.05) is 46.2 Å². The molecule has 1 N–H and O–H groups in total. The second kappa shape index (κ2) is 9.91. The Morgan fingerprint density at radius 1 is 1.36 bits per heavy atom. The maximum absolute atomic E-state index is 11.6. The van der Waals surface area contributed by atoms with Gasteiger partial charge < -0.3 is 19.9 Å². The van der Waals surface area contributed by atoms with Crippen molar-refractivity contribution >= 4 is 11.9 Å². The standard InChI is InChI=1S/C19H30N4O2/c1-4-20-19(21-12-6-14-23-13-5-7-18(23)24)22(2)15-16-8-10-17(25-3)11-9-16/h8-11H,4-7,12-15H2,1-3H3,(H,20,21). The highest BCUT2D eigenvalue weighted by molar-refractivity contribution is 5.79. The predicted octanol–water partition coefficient (Wildman–Crippen LogP) is 2.10. The van der Waals surface area contributed by atoms with E-state index in [1.165, 1.54) is 5.56 Å². The minimum atomic E-state index is 0.285. The first-order valence-electron chi connectivity index (χ1n) is 9.04. The first-order valence-corrected chi connectivity index (χ1v) is 9.04. The van der Waals surface area contributed by atoms with Gasteiger partial charge in [0.15, 0.2) is 5.96 Å². The number of ether oxygens (including phenoxy) is 1. The monoisotopic (exact) mass is 346 g/mol. The second-order valence-electron chi connectivity index (χ2n) is 6.28. The highest BCUT2D eigenvalue weighted by Gasteiger charge is 2.18. The predicted molar refractivity (Wildman–Crippen MR) is 101 cm³/mol. The molecule has 138 valence electrons. The molecule has 0 atom stereocenters. The summed E-state index contributed by atoms with van der Waals surface area (Å²) in [5.74, 6) is 2.04. The van der Waals surface area contributed by atoms with Crippen molar-refractivity contribution in [1.82, 2.24) is 15.1 Å². The van der Waals surface area contributed by atoms with Crippen LogP contribution in [0.1, 0.15) is 31.7 Å². The highest BCUT2D eigenvalue weighted by Crippen LogP contribution is 2.13. The van der Waals surface area contributed by atoms with Crippen LogP contribution in [0.3, 0.4) is 0 Å². The van der Waals surface area contributed by atoms with Crippen molar-refractivity contribution in [2.75, 3.05) is 40.3 Å². The Kier molecular flexibility index (Phi) is 7.57. The lowest BCUT2D eigenvalue weighted by Gasteiger charge is -2.22. The normalized spacial score (nSPS) is 14.8. The van der Waals surface area contributed by atoms with Crippen molar-refractivity contribution in [2.24, 2.45) is 4.99 Å². The summed E-state index contributed by atoms with van der Waals surface area (Å²) in [6.45, 7) is 6.11. The number of rotatable bonds is 8. The van der Waals surface area contributed by atoms with Gasteiger partial charge in [-0.3, -0.25) is 9.79 Å². The van der Waals surface area contributed by atoms with Crippen LogP contribution in [0.15, 0.2) is 29.3 Å². The van der Waals surface area contributed by atoms with Crippen LogP contribution in [0.25, 0.3) is 0 Å². The van der Waals surface area contributed by atoms with Gasteiger partial charge in [0.25, 0.3) is 0 Å². The van der Waals surface area contributed by atoms with E-state index in [0.717, 1.165) is 57.3 Å². The summed E-state index contributed by atoms with van der Waals surface area (Å²) >= 11 is 0. The summed E-state index contributed by atoms with van der Waals surface area (Å²) in [5, 5.41) is 3.33. The summed E-state index contributed by atoms with van der Waals surface area (Å²) in [6.07, 6.45) is 2.60. The fraction of sp³-hybridized carbons (Fsp3) is 0.579. The molecule has 1 fully saturated rings. The van der Waals surface area contributed by atoms with Crippen LogP contribution >= 0.6 is 0 Å². The lowest BCUT2D eigenvalue weighted by molar-refractivity contribution is -0.127. The second-order valence-corrected chi connectivity index (χ2v) is 6.28. The molecule has 0 radical (unpaired) electrons. The van der Waals surface area contributed by atoms with E-state index in [4.69, 9.17) is 9.73 Å². The average molecular weight is 346 g/mol. The number of carbonyl (C=O) groups excluding carboxylic acids is 1. The van der Waals surface area contributed by atoms with E-state index in [0.29, 0.717) is 6.42 Å². The van der Waals surface area contributed by atoms with Crippen LogP contribution in [0, 0.1) is 0 Å². The third kappa shape index (κ3) is 5.96. The Hall–Kier alpha value is -2.24. The first kappa shape index (κ1) is 19.1. The summed E-state index contributed by atoms with van der Waals surface area (Å²) in [4.78, 5) is 20.4. The van der Waals surface area contributed by atoms with Crippen molar-refractivity contribution in [1.29, 1.82) is 0 Å². The smallest absolute Gasteiger partial charge is 0.222 e. The number of amides is 1. The Balaban J connectivity index is 1.85. The van der Waals surface area contributed by atoms with E-state index in [1.807, 2.05) is 24.1 Å². The summed E-state index contributed by atoms with van der Waals surface area (Å²) in [6, 6.07) is 8.08. The number of aliphatic imine (C=N–C) groups is 1. The number of benzene rings is 1. The highest BCUT2D eigenvalue weighted by atomic mass is 16.5. The maximum atomic E-state index is 11.6. The molecule has 2 rings (SSSR count). The largest absolute Gasteiger partial charge is 0.497 e. The summed E-state index contributed by atoms with van der Waals surface area (Å²) < 4.78 is 5.20. The number of hydrogen-bond acceptors (Lipinski definition) is 3. The zero-order valence-electron chi connectivity index (χ0n) is 15.6. The summed E-state index contributed by atoms with van der Waals surface area (Å²) in [7, 11) is 3.71. The molecule has 6 nitrogen and oxygen atoms in total. The fourth-order valence-corrected chi connectivity index (χ4v) is 2.94. The molecule has 0 unspecified atom stereocenters. The number of hydrogen-bond donors (Lipinski definition) is 1. The van der Waals surface area contributed by atoms with Gasteiger partial charge in [-0.15, -0.1) is 0 Å². The number of methoxy groups -OCH3 is 1. The van der Waals surface area contributed by atoms with E-state index in [2.05, 4.69) is 29.3 Å². The van der Waals surface area contributed by atoms with Crippen LogP contribution in [0.4, 0.5) is 0 Å². The SMILES string of the molecule is CCNC(=NCCCN1CCCC1=O)N(C)Cc1ccc(OC)cc1. The molecular formula is C19H30N4O2. The molecular weight excluding hydrogens is 316 g/mol. The molecule has 1 heterocycles. The summed E-state index contributed by atoms with van der Waals surface area (Å²) in [5.41, 5.74) is 1.21. The van der Waals surface area contributed by atoms with Crippen LogP contribution < -0.4 is 10.1 Å². The average Bonchev–Trinajstić information content (AvgIpc) is 3.03. The topological polar surface area (TPSA) is 57.2 Å². The molecule has 0 aromatic heterocycles. The van der Waals surface area contributed by atoms with Crippen molar-refractivity contribution < 1.29 is 9.53 Å². The van der Waals surface area contributed by atoms with Gasteiger partial charge in [-0.05, 0) is 37.5 Å². The molecule has 0 bridgehead atoms. The van der Waals surface area contributed by atoms with Crippen molar-refractivity contribution in [2.45, 2.75) is 32.7 Å². The molecule has 0 aliphatic carbocycles. The molecule has 1 aliphatic heterocycles. The van der Waals surface area contributed by atoms with Crippen LogP contribution in [0.2, 0.25) is 0 Å². The Morgan fingerprint density at radius 3 is 2.72 bits per heavy atom. The molecule has 1 amide bonds. The third-order valence-corrected chi connectivity index (χ3v) is 4.29. The number of guanidine groups is 1. The number of nitrogens with one attached hydrogen (secondary N) is 1. The Labute approximate surface area is 150 Å². The first-order chi connectivity index (χ1) is 12.1. The van der Waals surface area contributed by atoms with Crippen molar-refractivity contribution in [3.8, 4) is 5.75 Å². The van der Waals surface area contributed by atoms with E-state index in [1.54, 1.807) is 7.11 Å². The van der Waals surface area contributed by atoms with Crippen molar-refractivity contribution in [3.63, 3.8) is 0 Å². The molecule has 1 aliphatic rings. The quantitative estimate of drug-likeness (QED) is 0.445. The number of carbonyl (C=O) groups is 1. The molecule has 1 aromatic rings. The minimum absolute atomic E-state index is 0.285. The van der Waals surface area contributed by atoms with Gasteiger partial charge in [0.1, 0.15) is 5.75 Å². The molecule has 0 saturated carbocycles. The number of nitrogens with zero attached hydrogens (tertiary/aromatic N) is 3. The fourth-order valence-electron chi connectivity index (χ4n) is 2.94. The lowest BCUT2D eigenvalue weighted by atomic mass is 10.2. The van der Waals surface area contributed by atoms with E-state index < -0.39 is 0 Å². The Morgan fingerprint density at radius 2 is 2.12 bits per heavy atom. The molecule has 25 heavy (non-hydrogen) atoms. The molecule has 0 spiro atoms.